The van der Waals surface area contributed by atoms with E-state index in [9.17, 15) is 14.4 Å². The van der Waals surface area contributed by atoms with Crippen LogP contribution < -0.4 is 5.32 Å². The molecule has 0 bridgehead atoms. The van der Waals surface area contributed by atoms with Gasteiger partial charge in [0.25, 0.3) is 5.91 Å². The molecule has 2 atom stereocenters. The van der Waals surface area contributed by atoms with E-state index in [4.69, 9.17) is 4.74 Å². The smallest absolute Gasteiger partial charge is 0.328 e. The van der Waals surface area contributed by atoms with Crippen molar-refractivity contribution < 1.29 is 19.1 Å². The topological polar surface area (TPSA) is 75.7 Å². The molecular formula is C24H32N2O4. The fraction of sp³-hybridized carbons (Fsp3) is 0.625. The summed E-state index contributed by atoms with van der Waals surface area (Å²) in [4.78, 5) is 41.5. The standard InChI is InChI=1S/C24H32N2O4/c1-16(23(29)30-2)25-21(27)20-18-12-6-7-13-19(18)22(28)26(17-10-4-5-11-17)24(20)14-8-3-9-15-24/h6-7,12-13,16-17,20H,3-5,8-11,14-15H2,1-2H3,(H,25,27)/t16-,20+/m0/s1. The SMILES string of the molecule is COC(=O)[C@H](C)NC(=O)[C@H]1c2ccccc2C(=O)N(C2CCCC2)C12CCCCC2. The molecule has 1 aliphatic heterocycles. The van der Waals surface area contributed by atoms with Crippen LogP contribution in [0.3, 0.4) is 0 Å². The highest BCUT2D eigenvalue weighted by Crippen LogP contribution is 2.51. The largest absolute Gasteiger partial charge is 0.467 e. The van der Waals surface area contributed by atoms with Crippen LogP contribution in [-0.4, -0.2) is 47.4 Å². The normalized spacial score (nSPS) is 24.4. The molecule has 1 N–H and O–H groups in total. The molecule has 6 heteroatoms. The summed E-state index contributed by atoms with van der Waals surface area (Å²) in [5.74, 6) is -1.05. The predicted molar refractivity (Wildman–Crippen MR) is 113 cm³/mol. The molecule has 2 amide bonds. The van der Waals surface area contributed by atoms with Crippen molar-refractivity contribution in [1.82, 2.24) is 10.2 Å². The van der Waals surface area contributed by atoms with Gasteiger partial charge < -0.3 is 15.0 Å². The van der Waals surface area contributed by atoms with Crippen molar-refractivity contribution in [2.75, 3.05) is 7.11 Å². The summed E-state index contributed by atoms with van der Waals surface area (Å²) in [5.41, 5.74) is 0.915. The molecule has 30 heavy (non-hydrogen) atoms. The number of nitrogens with one attached hydrogen (secondary N) is 1. The van der Waals surface area contributed by atoms with Gasteiger partial charge in [0.15, 0.2) is 0 Å². The Bertz CT molecular complexity index is 824. The zero-order valence-corrected chi connectivity index (χ0v) is 18.0. The lowest BCUT2D eigenvalue weighted by atomic mass is 9.64. The number of amides is 2. The lowest BCUT2D eigenvalue weighted by Gasteiger charge is -2.56. The average Bonchev–Trinajstić information content (AvgIpc) is 3.28. The van der Waals surface area contributed by atoms with Gasteiger partial charge in [0.2, 0.25) is 5.91 Å². The second-order valence-electron chi connectivity index (χ2n) is 9.05. The van der Waals surface area contributed by atoms with Crippen molar-refractivity contribution in [2.24, 2.45) is 0 Å². The number of hydrogen-bond donors (Lipinski definition) is 1. The number of benzene rings is 1. The third kappa shape index (κ3) is 3.40. The summed E-state index contributed by atoms with van der Waals surface area (Å²) in [6.45, 7) is 1.64. The molecule has 0 saturated heterocycles. The van der Waals surface area contributed by atoms with E-state index in [1.54, 1.807) is 6.92 Å². The highest BCUT2D eigenvalue weighted by Gasteiger charge is 2.56. The van der Waals surface area contributed by atoms with Crippen molar-refractivity contribution in [1.29, 1.82) is 0 Å². The van der Waals surface area contributed by atoms with Gasteiger partial charge in [0, 0.05) is 11.6 Å². The zero-order valence-electron chi connectivity index (χ0n) is 18.0. The second kappa shape index (κ2) is 8.40. The minimum atomic E-state index is -0.729. The highest BCUT2D eigenvalue weighted by molar-refractivity contribution is 6.02. The minimum absolute atomic E-state index is 0.0736. The third-order valence-electron chi connectivity index (χ3n) is 7.32. The molecule has 2 aliphatic carbocycles. The maximum Gasteiger partial charge on any atom is 0.328 e. The first kappa shape index (κ1) is 20.9. The van der Waals surface area contributed by atoms with Crippen molar-refractivity contribution in [3.8, 4) is 0 Å². The van der Waals surface area contributed by atoms with Crippen LogP contribution in [0.25, 0.3) is 0 Å². The number of carbonyl (C=O) groups excluding carboxylic acids is 3. The fourth-order valence-corrected chi connectivity index (χ4v) is 6.01. The first-order valence-corrected chi connectivity index (χ1v) is 11.3. The fourth-order valence-electron chi connectivity index (χ4n) is 6.01. The molecule has 0 radical (unpaired) electrons. The van der Waals surface area contributed by atoms with Gasteiger partial charge in [0.05, 0.1) is 18.6 Å². The van der Waals surface area contributed by atoms with Crippen LogP contribution >= 0.6 is 0 Å². The van der Waals surface area contributed by atoms with Crippen LogP contribution in [0.4, 0.5) is 0 Å². The number of fused-ring (bicyclic) bond motifs is 1. The van der Waals surface area contributed by atoms with E-state index in [1.165, 1.54) is 7.11 Å². The maximum absolute atomic E-state index is 13.7. The number of carbonyl (C=O) groups is 3. The number of rotatable bonds is 4. The molecule has 1 heterocycles. The van der Waals surface area contributed by atoms with Crippen molar-refractivity contribution in [2.45, 2.75) is 88.3 Å². The van der Waals surface area contributed by atoms with E-state index in [1.807, 2.05) is 24.3 Å². The molecule has 2 fully saturated rings. The van der Waals surface area contributed by atoms with E-state index in [-0.39, 0.29) is 17.9 Å². The Morgan fingerprint density at radius 2 is 1.77 bits per heavy atom. The minimum Gasteiger partial charge on any atom is -0.467 e. The van der Waals surface area contributed by atoms with Crippen LogP contribution in [0.15, 0.2) is 24.3 Å². The van der Waals surface area contributed by atoms with Crippen LogP contribution in [0.5, 0.6) is 0 Å². The Morgan fingerprint density at radius 1 is 1.10 bits per heavy atom. The maximum atomic E-state index is 13.7. The van der Waals surface area contributed by atoms with Crippen molar-refractivity contribution >= 4 is 17.8 Å². The van der Waals surface area contributed by atoms with Crippen LogP contribution in [0, 0.1) is 0 Å². The second-order valence-corrected chi connectivity index (χ2v) is 9.05. The van der Waals surface area contributed by atoms with Crippen LogP contribution in [0.2, 0.25) is 0 Å². The molecule has 0 aromatic heterocycles. The van der Waals surface area contributed by atoms with Gasteiger partial charge in [-0.3, -0.25) is 9.59 Å². The number of nitrogens with zero attached hydrogens (tertiary/aromatic N) is 1. The van der Waals surface area contributed by atoms with Gasteiger partial charge in [-0.25, -0.2) is 4.79 Å². The van der Waals surface area contributed by atoms with E-state index >= 15 is 0 Å². The van der Waals surface area contributed by atoms with E-state index in [0.717, 1.165) is 63.4 Å². The summed E-state index contributed by atoms with van der Waals surface area (Å²) >= 11 is 0. The number of methoxy groups -OCH3 is 1. The summed E-state index contributed by atoms with van der Waals surface area (Å²) in [5, 5.41) is 2.89. The van der Waals surface area contributed by atoms with E-state index in [2.05, 4.69) is 10.2 Å². The van der Waals surface area contributed by atoms with Crippen LogP contribution in [0.1, 0.15) is 86.6 Å². The predicted octanol–water partition coefficient (Wildman–Crippen LogP) is 3.55. The molecule has 162 valence electrons. The Labute approximate surface area is 178 Å². The van der Waals surface area contributed by atoms with Crippen molar-refractivity contribution in [3.05, 3.63) is 35.4 Å². The molecule has 4 rings (SSSR count). The quantitative estimate of drug-likeness (QED) is 0.768. The Kier molecular flexibility index (Phi) is 5.85. The first-order valence-electron chi connectivity index (χ1n) is 11.3. The van der Waals surface area contributed by atoms with Gasteiger partial charge in [0.1, 0.15) is 6.04 Å². The molecule has 6 nitrogen and oxygen atoms in total. The van der Waals surface area contributed by atoms with Crippen molar-refractivity contribution in [3.63, 3.8) is 0 Å². The first-order chi connectivity index (χ1) is 14.5. The summed E-state index contributed by atoms with van der Waals surface area (Å²) in [6.07, 6.45) is 9.06. The third-order valence-corrected chi connectivity index (χ3v) is 7.32. The molecular weight excluding hydrogens is 380 g/mol. The summed E-state index contributed by atoms with van der Waals surface area (Å²) < 4.78 is 4.81. The summed E-state index contributed by atoms with van der Waals surface area (Å²) in [6, 6.07) is 7.00. The number of ether oxygens (including phenoxy) is 1. The molecule has 1 aromatic rings. The summed E-state index contributed by atoms with van der Waals surface area (Å²) in [7, 11) is 1.32. The van der Waals surface area contributed by atoms with Gasteiger partial charge in [-0.1, -0.05) is 50.3 Å². The molecule has 1 spiro atoms. The van der Waals surface area contributed by atoms with Gasteiger partial charge >= 0.3 is 5.97 Å². The monoisotopic (exact) mass is 412 g/mol. The lowest BCUT2D eigenvalue weighted by molar-refractivity contribution is -0.145. The van der Waals surface area contributed by atoms with Gasteiger partial charge in [-0.2, -0.15) is 0 Å². The van der Waals surface area contributed by atoms with Crippen LogP contribution in [-0.2, 0) is 14.3 Å². The molecule has 3 aliphatic rings. The molecule has 2 saturated carbocycles. The Hall–Kier alpha value is -2.37. The molecule has 1 aromatic carbocycles. The molecule has 0 unspecified atom stereocenters. The Balaban J connectivity index is 1.81. The lowest BCUT2D eigenvalue weighted by Crippen LogP contribution is -2.65. The Morgan fingerprint density at radius 3 is 2.43 bits per heavy atom. The number of hydrogen-bond acceptors (Lipinski definition) is 4. The zero-order chi connectivity index (χ0) is 21.3. The number of esters is 1. The average molecular weight is 413 g/mol. The van der Waals surface area contributed by atoms with Gasteiger partial charge in [-0.05, 0) is 44.2 Å². The van der Waals surface area contributed by atoms with E-state index in [0.29, 0.717) is 5.56 Å². The van der Waals surface area contributed by atoms with E-state index < -0.39 is 23.5 Å². The highest BCUT2D eigenvalue weighted by atomic mass is 16.5. The van der Waals surface area contributed by atoms with Gasteiger partial charge in [-0.15, -0.1) is 0 Å².